The first kappa shape index (κ1) is 23.0. The highest BCUT2D eigenvalue weighted by atomic mass is 19.1. The number of aromatic nitrogens is 4. The van der Waals surface area contributed by atoms with Gasteiger partial charge in [-0.15, -0.1) is 5.10 Å². The van der Waals surface area contributed by atoms with E-state index in [1.54, 1.807) is 0 Å². The van der Waals surface area contributed by atoms with Gasteiger partial charge in [-0.2, -0.15) is 0 Å². The second-order valence-electron chi connectivity index (χ2n) is 9.35. The predicted molar refractivity (Wildman–Crippen MR) is 134 cm³/mol. The van der Waals surface area contributed by atoms with E-state index in [-0.39, 0.29) is 17.6 Å². The third-order valence-corrected chi connectivity index (χ3v) is 6.72. The van der Waals surface area contributed by atoms with Crippen LogP contribution in [0.3, 0.4) is 0 Å². The van der Waals surface area contributed by atoms with E-state index in [4.69, 9.17) is 0 Å². The van der Waals surface area contributed by atoms with E-state index in [9.17, 15) is 9.50 Å². The Morgan fingerprint density at radius 1 is 0.971 bits per heavy atom. The average molecular weight is 473 g/mol. The Balaban J connectivity index is 1.34. The van der Waals surface area contributed by atoms with E-state index in [0.29, 0.717) is 18.3 Å². The maximum atomic E-state index is 13.3. The van der Waals surface area contributed by atoms with Gasteiger partial charge >= 0.3 is 0 Å². The predicted octanol–water partition coefficient (Wildman–Crippen LogP) is 4.40. The number of hydrogen-bond acceptors (Lipinski definition) is 6. The second kappa shape index (κ2) is 9.84. The topological polar surface area (TPSA) is 81.2 Å². The maximum absolute atomic E-state index is 13.3. The molecule has 1 aromatic heterocycles. The molecule has 8 heteroatoms. The summed E-state index contributed by atoms with van der Waals surface area (Å²) < 4.78 is 13.3. The van der Waals surface area contributed by atoms with Crippen molar-refractivity contribution >= 4 is 5.69 Å². The highest BCUT2D eigenvalue weighted by molar-refractivity contribution is 5.61. The number of nitrogens with zero attached hydrogens (tertiary/aromatic N) is 5. The number of tetrazole rings is 1. The molecule has 1 saturated heterocycles. The van der Waals surface area contributed by atoms with Gasteiger partial charge in [-0.3, -0.25) is 4.90 Å². The zero-order valence-electron chi connectivity index (χ0n) is 19.9. The Bertz CT molecular complexity index is 1280. The minimum Gasteiger partial charge on any atom is -0.508 e. The summed E-state index contributed by atoms with van der Waals surface area (Å²) in [5.41, 5.74) is 5.17. The van der Waals surface area contributed by atoms with Crippen LogP contribution < -0.4 is 4.90 Å². The summed E-state index contributed by atoms with van der Waals surface area (Å²) in [6.45, 7) is 6.93. The van der Waals surface area contributed by atoms with E-state index < -0.39 is 0 Å². The Kier molecular flexibility index (Phi) is 6.46. The number of anilines is 1. The van der Waals surface area contributed by atoms with Crippen molar-refractivity contribution in [3.63, 3.8) is 0 Å². The van der Waals surface area contributed by atoms with E-state index in [2.05, 4.69) is 56.4 Å². The maximum Gasteiger partial charge on any atom is 0.179 e. The molecule has 180 valence electrons. The number of aromatic hydroxyl groups is 1. The van der Waals surface area contributed by atoms with Gasteiger partial charge in [-0.25, -0.2) is 9.49 Å². The third kappa shape index (κ3) is 5.17. The van der Waals surface area contributed by atoms with E-state index >= 15 is 0 Å². The van der Waals surface area contributed by atoms with Crippen LogP contribution in [0, 0.1) is 5.82 Å². The molecule has 7 nitrogen and oxygen atoms in total. The number of rotatable bonds is 6. The molecule has 1 aliphatic rings. The lowest BCUT2D eigenvalue weighted by Gasteiger charge is -2.45. The Labute approximate surface area is 204 Å². The molecule has 2 atom stereocenters. The van der Waals surface area contributed by atoms with Crippen LogP contribution >= 0.6 is 0 Å². The van der Waals surface area contributed by atoms with Crippen LogP contribution in [0.4, 0.5) is 10.1 Å². The molecule has 35 heavy (non-hydrogen) atoms. The van der Waals surface area contributed by atoms with Crippen molar-refractivity contribution in [3.05, 3.63) is 89.2 Å². The van der Waals surface area contributed by atoms with Crippen molar-refractivity contribution in [1.82, 2.24) is 25.5 Å². The van der Waals surface area contributed by atoms with Crippen LogP contribution in [0.25, 0.3) is 11.4 Å². The molecule has 1 fully saturated rings. The molecule has 0 spiro atoms. The molecule has 0 saturated carbocycles. The van der Waals surface area contributed by atoms with Crippen molar-refractivity contribution in [1.29, 1.82) is 0 Å². The molecule has 0 amide bonds. The van der Waals surface area contributed by atoms with Gasteiger partial charge in [0.2, 0.25) is 0 Å². The van der Waals surface area contributed by atoms with Crippen LogP contribution in [0.1, 0.15) is 30.5 Å². The summed E-state index contributed by atoms with van der Waals surface area (Å²) in [6, 6.07) is 21.1. The summed E-state index contributed by atoms with van der Waals surface area (Å²) >= 11 is 0. The molecule has 2 N–H and O–H groups in total. The zero-order chi connectivity index (χ0) is 24.4. The second-order valence-corrected chi connectivity index (χ2v) is 9.35. The first-order chi connectivity index (χ1) is 17.0. The lowest BCUT2D eigenvalue weighted by Crippen LogP contribution is -2.56. The summed E-state index contributed by atoms with van der Waals surface area (Å²) in [5.74, 6) is 0.672. The smallest absolute Gasteiger partial charge is 0.179 e. The lowest BCUT2D eigenvalue weighted by molar-refractivity contribution is 0.158. The van der Waals surface area contributed by atoms with Crippen molar-refractivity contribution in [3.8, 4) is 17.1 Å². The highest BCUT2D eigenvalue weighted by Gasteiger charge is 2.29. The monoisotopic (exact) mass is 472 g/mol. The number of piperazine rings is 1. The van der Waals surface area contributed by atoms with Crippen LogP contribution in [0.15, 0.2) is 66.7 Å². The fourth-order valence-electron chi connectivity index (χ4n) is 4.93. The van der Waals surface area contributed by atoms with Crippen molar-refractivity contribution < 1.29 is 9.50 Å². The van der Waals surface area contributed by atoms with Crippen molar-refractivity contribution in [2.45, 2.75) is 38.9 Å². The standard InChI is InChI=1S/C27H29FN6O/c1-18-16-34(19(2)15-33(18)17-20-7-9-23(28)10-8-20)24-12-21(13-25(35)14-24)11-22-5-3-4-6-26(22)27-29-31-32-30-27/h3-10,12-14,18-19,35H,11,15-17H2,1-2H3,(H,29,30,31,32)/t18-,19+/m1/s1. The van der Waals surface area contributed by atoms with Crippen LogP contribution in [-0.4, -0.2) is 55.8 Å². The summed E-state index contributed by atoms with van der Waals surface area (Å²) in [6.07, 6.45) is 0.646. The molecule has 4 aromatic rings. The van der Waals surface area contributed by atoms with Gasteiger partial charge in [0.25, 0.3) is 0 Å². The average Bonchev–Trinajstić information content (AvgIpc) is 3.37. The van der Waals surface area contributed by atoms with Crippen molar-refractivity contribution in [2.24, 2.45) is 0 Å². The molecule has 0 unspecified atom stereocenters. The van der Waals surface area contributed by atoms with Crippen LogP contribution in [0.2, 0.25) is 0 Å². The molecule has 1 aliphatic heterocycles. The van der Waals surface area contributed by atoms with Gasteiger partial charge in [-0.1, -0.05) is 36.4 Å². The van der Waals surface area contributed by atoms with Gasteiger partial charge in [0, 0.05) is 49.0 Å². The van der Waals surface area contributed by atoms with Gasteiger partial charge in [-0.05, 0) is 71.7 Å². The normalized spacial score (nSPS) is 18.7. The number of halogens is 1. The quantitative estimate of drug-likeness (QED) is 0.433. The van der Waals surface area contributed by atoms with Gasteiger partial charge in [0.05, 0.1) is 0 Å². The Morgan fingerprint density at radius 3 is 2.54 bits per heavy atom. The summed E-state index contributed by atoms with van der Waals surface area (Å²) in [5, 5.41) is 24.9. The van der Waals surface area contributed by atoms with E-state index in [1.165, 1.54) is 12.1 Å². The molecule has 3 aromatic carbocycles. The summed E-state index contributed by atoms with van der Waals surface area (Å²) in [7, 11) is 0. The fourth-order valence-corrected chi connectivity index (χ4v) is 4.93. The van der Waals surface area contributed by atoms with Crippen LogP contribution in [-0.2, 0) is 13.0 Å². The molecule has 0 bridgehead atoms. The lowest BCUT2D eigenvalue weighted by atomic mass is 9.98. The number of aromatic amines is 1. The van der Waals surface area contributed by atoms with E-state index in [0.717, 1.165) is 47.6 Å². The van der Waals surface area contributed by atoms with Gasteiger partial charge in [0.15, 0.2) is 5.82 Å². The number of hydrogen-bond donors (Lipinski definition) is 2. The van der Waals surface area contributed by atoms with Crippen LogP contribution in [0.5, 0.6) is 5.75 Å². The minimum atomic E-state index is -0.209. The Morgan fingerprint density at radius 2 is 1.77 bits per heavy atom. The number of H-pyrrole nitrogens is 1. The first-order valence-corrected chi connectivity index (χ1v) is 11.9. The molecular formula is C27H29FN6O. The van der Waals surface area contributed by atoms with E-state index in [1.807, 2.05) is 42.5 Å². The summed E-state index contributed by atoms with van der Waals surface area (Å²) in [4.78, 5) is 4.79. The highest BCUT2D eigenvalue weighted by Crippen LogP contribution is 2.31. The molecule has 0 aliphatic carbocycles. The third-order valence-electron chi connectivity index (χ3n) is 6.72. The number of phenolic OH excluding ortho intramolecular Hbond substituents is 1. The SMILES string of the molecule is C[C@@H]1CN(c2cc(O)cc(Cc3ccccc3-c3nnn[nH]3)c2)[C@@H](C)CN1Cc1ccc(F)cc1. The number of benzene rings is 3. The zero-order valence-corrected chi connectivity index (χ0v) is 19.9. The number of nitrogens with one attached hydrogen (secondary N) is 1. The largest absolute Gasteiger partial charge is 0.508 e. The van der Waals surface area contributed by atoms with Gasteiger partial charge in [0.1, 0.15) is 11.6 Å². The first-order valence-electron chi connectivity index (χ1n) is 11.9. The molecule has 2 heterocycles. The minimum absolute atomic E-state index is 0.209. The fraction of sp³-hybridized carbons (Fsp3) is 0.296. The molecule has 0 radical (unpaired) electrons. The molecule has 5 rings (SSSR count). The van der Waals surface area contributed by atoms with Crippen molar-refractivity contribution in [2.75, 3.05) is 18.0 Å². The Hall–Kier alpha value is -3.78. The number of phenols is 1. The molecular weight excluding hydrogens is 443 g/mol. The van der Waals surface area contributed by atoms with Gasteiger partial charge < -0.3 is 10.0 Å².